The number of hydrogen-bond acceptors (Lipinski definition) is 4. The number of nitrogens with one attached hydrogen (secondary N) is 2. The summed E-state index contributed by atoms with van der Waals surface area (Å²) >= 11 is 0. The van der Waals surface area contributed by atoms with Crippen molar-refractivity contribution in [3.63, 3.8) is 0 Å². The Morgan fingerprint density at radius 3 is 2.92 bits per heavy atom. The van der Waals surface area contributed by atoms with Gasteiger partial charge in [0.2, 0.25) is 5.91 Å². The first kappa shape index (κ1) is 7.97. The number of carbonyl (C=O) groups is 1. The lowest BCUT2D eigenvalue weighted by Gasteiger charge is -2.05. The molecular formula is C8H10N4O. The van der Waals surface area contributed by atoms with Gasteiger partial charge < -0.3 is 0 Å². The zero-order chi connectivity index (χ0) is 9.10. The number of amides is 1. The largest absolute Gasteiger partial charge is 0.281 e. The first-order chi connectivity index (χ1) is 6.36. The van der Waals surface area contributed by atoms with Gasteiger partial charge in [-0.25, -0.2) is 4.98 Å². The molecule has 0 saturated heterocycles. The number of nitrogens with zero attached hydrogens (tertiary/aromatic N) is 2. The van der Waals surface area contributed by atoms with Crippen molar-refractivity contribution in [3.05, 3.63) is 18.6 Å². The average Bonchev–Trinajstić information content (AvgIpc) is 2.99. The first-order valence-corrected chi connectivity index (χ1v) is 4.18. The Kier molecular flexibility index (Phi) is 2.08. The van der Waals surface area contributed by atoms with Crippen molar-refractivity contribution < 1.29 is 4.79 Å². The minimum absolute atomic E-state index is 0.0330. The van der Waals surface area contributed by atoms with E-state index in [2.05, 4.69) is 20.8 Å². The second-order valence-corrected chi connectivity index (χ2v) is 2.98. The van der Waals surface area contributed by atoms with Crippen molar-refractivity contribution in [1.82, 2.24) is 15.4 Å². The number of hydrogen-bond donors (Lipinski definition) is 2. The van der Waals surface area contributed by atoms with Crippen molar-refractivity contribution in [2.24, 2.45) is 5.92 Å². The number of aromatic nitrogens is 2. The van der Waals surface area contributed by atoms with E-state index in [0.29, 0.717) is 5.82 Å². The molecule has 0 bridgehead atoms. The molecule has 0 unspecified atom stereocenters. The van der Waals surface area contributed by atoms with Gasteiger partial charge in [0, 0.05) is 18.3 Å². The Hall–Kier alpha value is -1.65. The molecule has 5 nitrogen and oxygen atoms in total. The van der Waals surface area contributed by atoms with Crippen LogP contribution in [0, 0.1) is 5.92 Å². The molecule has 0 radical (unpaired) electrons. The summed E-state index contributed by atoms with van der Waals surface area (Å²) in [6, 6.07) is 0. The Labute approximate surface area is 75.6 Å². The molecule has 13 heavy (non-hydrogen) atoms. The fourth-order valence-electron chi connectivity index (χ4n) is 0.937. The minimum Gasteiger partial charge on any atom is -0.281 e. The van der Waals surface area contributed by atoms with E-state index in [-0.39, 0.29) is 11.8 Å². The summed E-state index contributed by atoms with van der Waals surface area (Å²) in [6.45, 7) is 0. The maximum atomic E-state index is 11.2. The molecule has 0 spiro atoms. The van der Waals surface area contributed by atoms with Gasteiger partial charge in [-0.3, -0.25) is 20.6 Å². The van der Waals surface area contributed by atoms with Gasteiger partial charge in [-0.15, -0.1) is 0 Å². The Bertz CT molecular complexity index is 296. The molecule has 1 amide bonds. The lowest BCUT2D eigenvalue weighted by molar-refractivity contribution is -0.121. The van der Waals surface area contributed by atoms with E-state index in [1.54, 1.807) is 18.6 Å². The molecule has 1 aliphatic carbocycles. The molecule has 2 rings (SSSR count). The second-order valence-electron chi connectivity index (χ2n) is 2.98. The molecule has 1 heterocycles. The van der Waals surface area contributed by atoms with Crippen LogP contribution >= 0.6 is 0 Å². The van der Waals surface area contributed by atoms with Crippen LogP contribution in [0.3, 0.4) is 0 Å². The van der Waals surface area contributed by atoms with Crippen LogP contribution in [0.2, 0.25) is 0 Å². The van der Waals surface area contributed by atoms with Gasteiger partial charge in [0.05, 0.1) is 6.20 Å². The predicted molar refractivity (Wildman–Crippen MR) is 46.5 cm³/mol. The lowest BCUT2D eigenvalue weighted by atomic mass is 10.4. The summed E-state index contributed by atoms with van der Waals surface area (Å²) in [7, 11) is 0. The van der Waals surface area contributed by atoms with Crippen LogP contribution in [-0.2, 0) is 4.79 Å². The van der Waals surface area contributed by atoms with Gasteiger partial charge in [0.25, 0.3) is 0 Å². The number of hydrazine groups is 1. The molecule has 1 aromatic rings. The van der Waals surface area contributed by atoms with Crippen molar-refractivity contribution in [1.29, 1.82) is 0 Å². The van der Waals surface area contributed by atoms with E-state index in [1.807, 2.05) is 0 Å². The van der Waals surface area contributed by atoms with E-state index in [1.165, 1.54) is 0 Å². The standard InChI is InChI=1S/C8H10N4O/c13-8(6-1-2-6)12-11-7-5-9-3-4-10-7/h3-6H,1-2H2,(H,10,11)(H,12,13). The zero-order valence-corrected chi connectivity index (χ0v) is 7.03. The van der Waals surface area contributed by atoms with E-state index in [9.17, 15) is 4.79 Å². The average molecular weight is 178 g/mol. The third kappa shape index (κ3) is 2.14. The highest BCUT2D eigenvalue weighted by molar-refractivity contribution is 5.81. The van der Waals surface area contributed by atoms with Gasteiger partial charge in [-0.05, 0) is 12.8 Å². The maximum absolute atomic E-state index is 11.2. The van der Waals surface area contributed by atoms with Gasteiger partial charge >= 0.3 is 0 Å². The molecule has 2 N–H and O–H groups in total. The third-order valence-corrected chi connectivity index (χ3v) is 1.83. The summed E-state index contributed by atoms with van der Waals surface area (Å²) in [5.74, 6) is 0.784. The topological polar surface area (TPSA) is 66.9 Å². The van der Waals surface area contributed by atoms with Crippen LogP contribution in [0.25, 0.3) is 0 Å². The Morgan fingerprint density at radius 2 is 2.31 bits per heavy atom. The molecule has 5 heteroatoms. The molecule has 1 aliphatic rings. The van der Waals surface area contributed by atoms with E-state index in [4.69, 9.17) is 0 Å². The van der Waals surface area contributed by atoms with Crippen molar-refractivity contribution in [2.45, 2.75) is 12.8 Å². The number of anilines is 1. The fourth-order valence-corrected chi connectivity index (χ4v) is 0.937. The zero-order valence-electron chi connectivity index (χ0n) is 7.03. The van der Waals surface area contributed by atoms with E-state index < -0.39 is 0 Å². The molecule has 1 saturated carbocycles. The van der Waals surface area contributed by atoms with Crippen LogP contribution in [0.5, 0.6) is 0 Å². The quantitative estimate of drug-likeness (QED) is 0.654. The highest BCUT2D eigenvalue weighted by Crippen LogP contribution is 2.28. The third-order valence-electron chi connectivity index (χ3n) is 1.83. The van der Waals surface area contributed by atoms with Crippen molar-refractivity contribution in [3.8, 4) is 0 Å². The molecular weight excluding hydrogens is 168 g/mol. The number of rotatable bonds is 3. The first-order valence-electron chi connectivity index (χ1n) is 4.18. The molecule has 0 atom stereocenters. The van der Waals surface area contributed by atoms with Crippen LogP contribution in [0.4, 0.5) is 5.82 Å². The van der Waals surface area contributed by atoms with Crippen LogP contribution < -0.4 is 10.9 Å². The molecule has 0 aliphatic heterocycles. The second kappa shape index (κ2) is 3.38. The summed E-state index contributed by atoms with van der Waals surface area (Å²) < 4.78 is 0. The lowest BCUT2D eigenvalue weighted by Crippen LogP contribution is -2.30. The summed E-state index contributed by atoms with van der Waals surface area (Å²) in [4.78, 5) is 18.9. The fraction of sp³-hybridized carbons (Fsp3) is 0.375. The van der Waals surface area contributed by atoms with E-state index >= 15 is 0 Å². The van der Waals surface area contributed by atoms with E-state index in [0.717, 1.165) is 12.8 Å². The Balaban J connectivity index is 1.82. The minimum atomic E-state index is 0.0330. The molecule has 1 fully saturated rings. The molecule has 1 aromatic heterocycles. The van der Waals surface area contributed by atoms with Crippen LogP contribution in [0.1, 0.15) is 12.8 Å². The Morgan fingerprint density at radius 1 is 1.46 bits per heavy atom. The van der Waals surface area contributed by atoms with Crippen LogP contribution in [0.15, 0.2) is 18.6 Å². The molecule has 0 aromatic carbocycles. The highest BCUT2D eigenvalue weighted by atomic mass is 16.2. The van der Waals surface area contributed by atoms with Crippen molar-refractivity contribution in [2.75, 3.05) is 5.43 Å². The van der Waals surface area contributed by atoms with Crippen molar-refractivity contribution >= 4 is 11.7 Å². The normalized spacial score (nSPS) is 15.1. The number of carbonyl (C=O) groups excluding carboxylic acids is 1. The van der Waals surface area contributed by atoms with Gasteiger partial charge in [-0.2, -0.15) is 0 Å². The van der Waals surface area contributed by atoms with Gasteiger partial charge in [0.15, 0.2) is 5.82 Å². The summed E-state index contributed by atoms with van der Waals surface area (Å²) in [6.07, 6.45) is 6.68. The summed E-state index contributed by atoms with van der Waals surface area (Å²) in [5.41, 5.74) is 5.26. The monoisotopic (exact) mass is 178 g/mol. The molecule has 68 valence electrons. The smallest absolute Gasteiger partial charge is 0.241 e. The van der Waals surface area contributed by atoms with Gasteiger partial charge in [0.1, 0.15) is 0 Å². The highest BCUT2D eigenvalue weighted by Gasteiger charge is 2.29. The SMILES string of the molecule is O=C(NNc1cnccn1)C1CC1. The maximum Gasteiger partial charge on any atom is 0.241 e. The van der Waals surface area contributed by atoms with Crippen LogP contribution in [-0.4, -0.2) is 15.9 Å². The predicted octanol–water partition coefficient (Wildman–Crippen LogP) is 0.330. The summed E-state index contributed by atoms with van der Waals surface area (Å²) in [5, 5.41) is 0. The van der Waals surface area contributed by atoms with Gasteiger partial charge in [-0.1, -0.05) is 0 Å².